The van der Waals surface area contributed by atoms with E-state index in [2.05, 4.69) is 30.2 Å². The molecule has 0 saturated heterocycles. The molecule has 32 heavy (non-hydrogen) atoms. The lowest BCUT2D eigenvalue weighted by Gasteiger charge is -2.10. The van der Waals surface area contributed by atoms with Crippen molar-refractivity contribution in [3.05, 3.63) is 65.7 Å². The van der Waals surface area contributed by atoms with Gasteiger partial charge in [-0.2, -0.15) is 10.4 Å². The third-order valence-electron chi connectivity index (χ3n) is 5.10. The van der Waals surface area contributed by atoms with Crippen molar-refractivity contribution >= 4 is 22.6 Å². The first-order valence-corrected chi connectivity index (χ1v) is 10.8. The van der Waals surface area contributed by atoms with Gasteiger partial charge in [-0.1, -0.05) is 23.7 Å². The number of hydrogen-bond acceptors (Lipinski definition) is 5. The van der Waals surface area contributed by atoms with E-state index in [4.69, 9.17) is 21.3 Å². The van der Waals surface area contributed by atoms with Gasteiger partial charge < -0.3 is 9.64 Å². The number of halogens is 1. The topological polar surface area (TPSA) is 67.0 Å². The summed E-state index contributed by atoms with van der Waals surface area (Å²) in [4.78, 5) is 6.94. The van der Waals surface area contributed by atoms with Gasteiger partial charge in [0.1, 0.15) is 18.0 Å². The average molecular weight is 446 g/mol. The Labute approximate surface area is 192 Å². The van der Waals surface area contributed by atoms with Crippen LogP contribution >= 0.6 is 11.6 Å². The Kier molecular flexibility index (Phi) is 6.69. The van der Waals surface area contributed by atoms with Crippen LogP contribution in [0.1, 0.15) is 6.42 Å². The Hall–Kier alpha value is -3.40. The predicted molar refractivity (Wildman–Crippen MR) is 128 cm³/mol. The maximum Gasteiger partial charge on any atom is 0.160 e. The summed E-state index contributed by atoms with van der Waals surface area (Å²) in [6.07, 6.45) is 0.972. The number of hydrogen-bond donors (Lipinski definition) is 0. The molecule has 0 aliphatic rings. The highest BCUT2D eigenvalue weighted by atomic mass is 35.5. The van der Waals surface area contributed by atoms with E-state index in [0.717, 1.165) is 46.6 Å². The number of benzene rings is 2. The molecule has 0 amide bonds. The second-order valence-corrected chi connectivity index (χ2v) is 8.21. The fourth-order valence-corrected chi connectivity index (χ4v) is 3.63. The van der Waals surface area contributed by atoms with Crippen LogP contribution in [-0.4, -0.2) is 46.9 Å². The van der Waals surface area contributed by atoms with Gasteiger partial charge in [0.25, 0.3) is 0 Å². The summed E-state index contributed by atoms with van der Waals surface area (Å²) in [5.41, 5.74) is 4.19. The minimum absolute atomic E-state index is 0.126. The highest BCUT2D eigenvalue weighted by Crippen LogP contribution is 2.30. The Bertz CT molecular complexity index is 1240. The van der Waals surface area contributed by atoms with Crippen molar-refractivity contribution in [3.8, 4) is 34.3 Å². The molecule has 0 fully saturated rings. The van der Waals surface area contributed by atoms with Crippen molar-refractivity contribution in [2.45, 2.75) is 13.0 Å². The smallest absolute Gasteiger partial charge is 0.160 e. The SMILES string of the molecule is CN(C)CCCOc1ccc(-c2nn(CC#N)c3nc(-c4ccc(Cl)cc4)ccc23)cc1. The van der Waals surface area contributed by atoms with Crippen molar-refractivity contribution < 1.29 is 4.74 Å². The van der Waals surface area contributed by atoms with Crippen molar-refractivity contribution in [1.29, 1.82) is 5.26 Å². The molecule has 162 valence electrons. The second kappa shape index (κ2) is 9.82. The van der Waals surface area contributed by atoms with E-state index in [0.29, 0.717) is 17.3 Å². The first kappa shape index (κ1) is 21.8. The number of pyridine rings is 1. The van der Waals surface area contributed by atoms with E-state index < -0.39 is 0 Å². The van der Waals surface area contributed by atoms with Gasteiger partial charge in [0.2, 0.25) is 0 Å². The average Bonchev–Trinajstić information content (AvgIpc) is 3.15. The van der Waals surface area contributed by atoms with Gasteiger partial charge in [-0.3, -0.25) is 0 Å². The molecule has 0 bridgehead atoms. The molecular formula is C25H24ClN5O. The van der Waals surface area contributed by atoms with Gasteiger partial charge in [0, 0.05) is 28.1 Å². The molecule has 0 N–H and O–H groups in total. The molecule has 7 heteroatoms. The van der Waals surface area contributed by atoms with Crippen LogP contribution < -0.4 is 4.74 Å². The van der Waals surface area contributed by atoms with Crippen LogP contribution in [-0.2, 0) is 6.54 Å². The quantitative estimate of drug-likeness (QED) is 0.345. The zero-order valence-electron chi connectivity index (χ0n) is 18.1. The lowest BCUT2D eigenvalue weighted by Crippen LogP contribution is -2.15. The van der Waals surface area contributed by atoms with E-state index in [1.165, 1.54) is 0 Å². The molecule has 0 aliphatic heterocycles. The van der Waals surface area contributed by atoms with Gasteiger partial charge in [-0.25, -0.2) is 9.67 Å². The number of ether oxygens (including phenoxy) is 1. The van der Waals surface area contributed by atoms with Gasteiger partial charge >= 0.3 is 0 Å². The highest BCUT2D eigenvalue weighted by molar-refractivity contribution is 6.30. The molecular weight excluding hydrogens is 422 g/mol. The summed E-state index contributed by atoms with van der Waals surface area (Å²) in [5.74, 6) is 0.830. The molecule has 0 radical (unpaired) electrons. The second-order valence-electron chi connectivity index (χ2n) is 7.77. The van der Waals surface area contributed by atoms with Crippen LogP contribution in [0.5, 0.6) is 5.75 Å². The Morgan fingerprint density at radius 1 is 1.00 bits per heavy atom. The summed E-state index contributed by atoms with van der Waals surface area (Å²) in [5, 5.41) is 15.5. The lowest BCUT2D eigenvalue weighted by molar-refractivity contribution is 0.281. The van der Waals surface area contributed by atoms with Crippen LogP contribution in [0.2, 0.25) is 5.02 Å². The highest BCUT2D eigenvalue weighted by Gasteiger charge is 2.15. The van der Waals surface area contributed by atoms with Crippen LogP contribution in [0.15, 0.2) is 60.7 Å². The summed E-state index contributed by atoms with van der Waals surface area (Å²) >= 11 is 6.01. The molecule has 0 saturated carbocycles. The van der Waals surface area contributed by atoms with E-state index >= 15 is 0 Å². The summed E-state index contributed by atoms with van der Waals surface area (Å²) < 4.78 is 7.48. The van der Waals surface area contributed by atoms with Crippen LogP contribution in [0.4, 0.5) is 0 Å². The number of nitrogens with zero attached hydrogens (tertiary/aromatic N) is 5. The van der Waals surface area contributed by atoms with Gasteiger partial charge in [-0.15, -0.1) is 0 Å². The molecule has 0 spiro atoms. The minimum atomic E-state index is 0.126. The van der Waals surface area contributed by atoms with Crippen molar-refractivity contribution in [2.24, 2.45) is 0 Å². The lowest BCUT2D eigenvalue weighted by atomic mass is 10.1. The Morgan fingerprint density at radius 2 is 1.72 bits per heavy atom. The third-order valence-corrected chi connectivity index (χ3v) is 5.35. The minimum Gasteiger partial charge on any atom is -0.494 e. The van der Waals surface area contributed by atoms with Crippen LogP contribution in [0.25, 0.3) is 33.5 Å². The summed E-state index contributed by atoms with van der Waals surface area (Å²) in [7, 11) is 4.11. The summed E-state index contributed by atoms with van der Waals surface area (Å²) in [6.45, 7) is 1.79. The zero-order chi connectivity index (χ0) is 22.5. The van der Waals surface area contributed by atoms with Crippen LogP contribution in [0, 0.1) is 11.3 Å². The molecule has 4 rings (SSSR count). The van der Waals surface area contributed by atoms with Crippen molar-refractivity contribution in [3.63, 3.8) is 0 Å². The van der Waals surface area contributed by atoms with E-state index in [-0.39, 0.29) is 6.54 Å². The maximum absolute atomic E-state index is 9.28. The maximum atomic E-state index is 9.28. The normalized spacial score (nSPS) is 11.1. The Morgan fingerprint density at radius 3 is 2.41 bits per heavy atom. The van der Waals surface area contributed by atoms with Crippen molar-refractivity contribution in [1.82, 2.24) is 19.7 Å². The van der Waals surface area contributed by atoms with E-state index in [9.17, 15) is 5.26 Å². The zero-order valence-corrected chi connectivity index (χ0v) is 18.9. The van der Waals surface area contributed by atoms with E-state index in [1.807, 2.05) is 60.7 Å². The standard InChI is InChI=1S/C25H24ClN5O/c1-30(2)15-3-17-32-21-10-6-19(7-11-21)24-22-12-13-23(18-4-8-20(26)9-5-18)28-25(22)31(29-24)16-14-27/h4-13H,3,15-17H2,1-2H3. The van der Waals surface area contributed by atoms with Gasteiger partial charge in [0.05, 0.1) is 18.4 Å². The summed E-state index contributed by atoms with van der Waals surface area (Å²) in [6, 6.07) is 21.6. The number of rotatable bonds is 8. The number of nitriles is 1. The molecule has 4 aromatic rings. The molecule has 2 heterocycles. The molecule has 0 unspecified atom stereocenters. The molecule has 0 atom stereocenters. The van der Waals surface area contributed by atoms with Gasteiger partial charge in [-0.05, 0) is 69.0 Å². The first-order chi connectivity index (χ1) is 15.5. The third kappa shape index (κ3) is 4.91. The van der Waals surface area contributed by atoms with Crippen molar-refractivity contribution in [2.75, 3.05) is 27.2 Å². The fraction of sp³-hybridized carbons (Fsp3) is 0.240. The van der Waals surface area contributed by atoms with Gasteiger partial charge in [0.15, 0.2) is 5.65 Å². The first-order valence-electron chi connectivity index (χ1n) is 10.4. The number of aromatic nitrogens is 3. The molecule has 2 aromatic carbocycles. The fourth-order valence-electron chi connectivity index (χ4n) is 3.50. The molecule has 2 aromatic heterocycles. The molecule has 6 nitrogen and oxygen atoms in total. The molecule has 0 aliphatic carbocycles. The Balaban J connectivity index is 1.62. The predicted octanol–water partition coefficient (Wildman–Crippen LogP) is 5.27. The van der Waals surface area contributed by atoms with E-state index in [1.54, 1.807) is 4.68 Å². The van der Waals surface area contributed by atoms with Crippen LogP contribution in [0.3, 0.4) is 0 Å². The largest absolute Gasteiger partial charge is 0.494 e. The monoisotopic (exact) mass is 445 g/mol. The number of fused-ring (bicyclic) bond motifs is 1.